The molecule has 0 N–H and O–H groups in total. The van der Waals surface area contributed by atoms with Gasteiger partial charge in [0.15, 0.2) is 0 Å². The first-order valence-electron chi connectivity index (χ1n) is 7.65. The molecule has 0 spiro atoms. The van der Waals surface area contributed by atoms with Crippen LogP contribution in [0.5, 0.6) is 0 Å². The topological polar surface area (TPSA) is 52.6 Å². The second kappa shape index (κ2) is 10.6. The van der Waals surface area contributed by atoms with Crippen molar-refractivity contribution in [3.63, 3.8) is 0 Å². The third-order valence-electron chi connectivity index (χ3n) is 3.26. The molecule has 1 saturated carbocycles. The predicted octanol–water partition coefficient (Wildman–Crippen LogP) is 3.65. The normalized spacial score (nSPS) is 22.8. The van der Waals surface area contributed by atoms with Crippen LogP contribution in [0, 0.1) is 0 Å². The number of esters is 2. The molecule has 0 amide bonds. The molecule has 0 unspecified atom stereocenters. The summed E-state index contributed by atoms with van der Waals surface area (Å²) in [5.74, 6) is -0.652. The predicted molar refractivity (Wildman–Crippen MR) is 86.1 cm³/mol. The van der Waals surface area contributed by atoms with E-state index in [0.717, 1.165) is 25.7 Å². The van der Waals surface area contributed by atoms with Gasteiger partial charge in [-0.3, -0.25) is 0 Å². The van der Waals surface area contributed by atoms with Gasteiger partial charge in [0.05, 0.1) is 0 Å². The quantitative estimate of drug-likeness (QED) is 0.427. The van der Waals surface area contributed by atoms with Crippen molar-refractivity contribution in [3.8, 4) is 0 Å². The Bertz CT molecular complexity index is 419. The highest BCUT2D eigenvalue weighted by atomic mass is 16.6. The number of carbonyl (C=O) groups excluding carboxylic acids is 2. The van der Waals surface area contributed by atoms with Gasteiger partial charge in [0.25, 0.3) is 0 Å². The van der Waals surface area contributed by atoms with Gasteiger partial charge >= 0.3 is 11.9 Å². The van der Waals surface area contributed by atoms with E-state index in [0.29, 0.717) is 0 Å². The number of rotatable bonds is 6. The molecule has 0 saturated heterocycles. The van der Waals surface area contributed by atoms with Crippen molar-refractivity contribution in [3.05, 3.63) is 48.6 Å². The standard InChI is InChI=1S/C18H24O4/c1-3-5-7-9-17(19)21-15-11-13-16(14-12-15)22-18(20)10-8-6-4-2/h3-10,15-16H,11-14H2,1-2H3. The third-order valence-corrected chi connectivity index (χ3v) is 3.26. The van der Waals surface area contributed by atoms with E-state index in [1.54, 1.807) is 24.3 Å². The Kier molecular flexibility index (Phi) is 8.65. The van der Waals surface area contributed by atoms with Crippen molar-refractivity contribution >= 4 is 11.9 Å². The van der Waals surface area contributed by atoms with Crippen LogP contribution in [0.3, 0.4) is 0 Å². The molecule has 1 aliphatic carbocycles. The van der Waals surface area contributed by atoms with Gasteiger partial charge in [-0.05, 0) is 39.5 Å². The van der Waals surface area contributed by atoms with E-state index in [1.165, 1.54) is 12.2 Å². The Hall–Kier alpha value is -2.10. The molecule has 0 radical (unpaired) electrons. The summed E-state index contributed by atoms with van der Waals surface area (Å²) in [7, 11) is 0. The lowest BCUT2D eigenvalue weighted by Crippen LogP contribution is -2.29. The number of allylic oxidation sites excluding steroid dienone is 6. The average molecular weight is 304 g/mol. The van der Waals surface area contributed by atoms with Gasteiger partial charge in [-0.25, -0.2) is 9.59 Å². The van der Waals surface area contributed by atoms with Crippen molar-refractivity contribution in [2.75, 3.05) is 0 Å². The molecule has 1 aliphatic rings. The Morgan fingerprint density at radius 1 is 0.727 bits per heavy atom. The highest BCUT2D eigenvalue weighted by Gasteiger charge is 2.25. The molecular weight excluding hydrogens is 280 g/mol. The summed E-state index contributed by atoms with van der Waals surface area (Å²) < 4.78 is 10.7. The van der Waals surface area contributed by atoms with E-state index in [-0.39, 0.29) is 24.1 Å². The molecule has 0 aliphatic heterocycles. The molecule has 1 fully saturated rings. The van der Waals surface area contributed by atoms with Crippen LogP contribution in [0.25, 0.3) is 0 Å². The molecule has 0 aromatic carbocycles. The van der Waals surface area contributed by atoms with Crippen molar-refractivity contribution in [1.82, 2.24) is 0 Å². The summed E-state index contributed by atoms with van der Waals surface area (Å²) in [5.41, 5.74) is 0. The SMILES string of the molecule is CC=CC=CC(=O)OC1CCC(OC(=O)C=CC=CC)CC1. The number of hydrogen-bond acceptors (Lipinski definition) is 4. The van der Waals surface area contributed by atoms with Gasteiger partial charge in [0, 0.05) is 12.2 Å². The minimum absolute atomic E-state index is 0.0868. The molecule has 1 rings (SSSR count). The summed E-state index contributed by atoms with van der Waals surface area (Å²) in [5, 5.41) is 0. The Labute approximate surface area is 132 Å². The van der Waals surface area contributed by atoms with Crippen LogP contribution in [-0.2, 0) is 19.1 Å². The molecule has 22 heavy (non-hydrogen) atoms. The fourth-order valence-electron chi connectivity index (χ4n) is 2.17. The molecule has 4 heteroatoms. The van der Waals surface area contributed by atoms with E-state index in [2.05, 4.69) is 0 Å². The van der Waals surface area contributed by atoms with Gasteiger partial charge in [0.2, 0.25) is 0 Å². The van der Waals surface area contributed by atoms with E-state index in [9.17, 15) is 9.59 Å². The van der Waals surface area contributed by atoms with Gasteiger partial charge in [-0.2, -0.15) is 0 Å². The Balaban J connectivity index is 2.28. The Morgan fingerprint density at radius 2 is 1.09 bits per heavy atom. The lowest BCUT2D eigenvalue weighted by atomic mass is 9.95. The minimum atomic E-state index is -0.326. The fraction of sp³-hybridized carbons (Fsp3) is 0.444. The second-order valence-corrected chi connectivity index (χ2v) is 5.04. The average Bonchev–Trinajstić information content (AvgIpc) is 2.50. The smallest absolute Gasteiger partial charge is 0.331 e. The van der Waals surface area contributed by atoms with Gasteiger partial charge < -0.3 is 9.47 Å². The van der Waals surface area contributed by atoms with Gasteiger partial charge in [0.1, 0.15) is 12.2 Å². The Morgan fingerprint density at radius 3 is 1.41 bits per heavy atom. The summed E-state index contributed by atoms with van der Waals surface area (Å²) >= 11 is 0. The molecule has 120 valence electrons. The highest BCUT2D eigenvalue weighted by Crippen LogP contribution is 2.23. The van der Waals surface area contributed by atoms with Gasteiger partial charge in [-0.15, -0.1) is 0 Å². The zero-order valence-corrected chi connectivity index (χ0v) is 13.2. The van der Waals surface area contributed by atoms with Crippen LogP contribution in [0.4, 0.5) is 0 Å². The maximum atomic E-state index is 11.5. The summed E-state index contributed by atoms with van der Waals surface area (Å²) in [6.45, 7) is 3.76. The first-order chi connectivity index (χ1) is 10.7. The number of hydrogen-bond donors (Lipinski definition) is 0. The van der Waals surface area contributed by atoms with Crippen LogP contribution in [0.1, 0.15) is 39.5 Å². The van der Waals surface area contributed by atoms with E-state index in [1.807, 2.05) is 26.0 Å². The summed E-state index contributed by atoms with van der Waals surface area (Å²) in [4.78, 5) is 23.1. The van der Waals surface area contributed by atoms with Crippen molar-refractivity contribution < 1.29 is 19.1 Å². The van der Waals surface area contributed by atoms with Crippen molar-refractivity contribution in [1.29, 1.82) is 0 Å². The maximum Gasteiger partial charge on any atom is 0.331 e. The van der Waals surface area contributed by atoms with Crippen molar-refractivity contribution in [2.24, 2.45) is 0 Å². The van der Waals surface area contributed by atoms with Gasteiger partial charge in [-0.1, -0.05) is 36.5 Å². The second-order valence-electron chi connectivity index (χ2n) is 5.04. The molecule has 0 bridgehead atoms. The van der Waals surface area contributed by atoms with E-state index in [4.69, 9.17) is 9.47 Å². The number of ether oxygens (including phenoxy) is 2. The molecule has 0 heterocycles. The largest absolute Gasteiger partial charge is 0.459 e. The molecule has 0 aromatic rings. The van der Waals surface area contributed by atoms with Crippen LogP contribution in [0.2, 0.25) is 0 Å². The minimum Gasteiger partial charge on any atom is -0.459 e. The van der Waals surface area contributed by atoms with E-state index >= 15 is 0 Å². The van der Waals surface area contributed by atoms with E-state index < -0.39 is 0 Å². The van der Waals surface area contributed by atoms with Crippen LogP contribution in [0.15, 0.2) is 48.6 Å². The number of carbonyl (C=O) groups is 2. The zero-order valence-electron chi connectivity index (χ0n) is 13.2. The van der Waals surface area contributed by atoms with Crippen LogP contribution < -0.4 is 0 Å². The zero-order chi connectivity index (χ0) is 16.2. The first-order valence-corrected chi connectivity index (χ1v) is 7.65. The molecule has 0 atom stereocenters. The first kappa shape index (κ1) is 18.0. The molecule has 4 nitrogen and oxygen atoms in total. The summed E-state index contributed by atoms with van der Waals surface area (Å²) in [6, 6.07) is 0. The monoisotopic (exact) mass is 304 g/mol. The summed E-state index contributed by atoms with van der Waals surface area (Å²) in [6.07, 6.45) is 16.1. The highest BCUT2D eigenvalue weighted by molar-refractivity contribution is 5.82. The molecular formula is C18H24O4. The molecule has 0 aromatic heterocycles. The lowest BCUT2D eigenvalue weighted by Gasteiger charge is -2.27. The fourth-order valence-corrected chi connectivity index (χ4v) is 2.17. The third kappa shape index (κ3) is 7.62. The van der Waals surface area contributed by atoms with Crippen LogP contribution >= 0.6 is 0 Å². The van der Waals surface area contributed by atoms with Crippen molar-refractivity contribution in [2.45, 2.75) is 51.7 Å². The van der Waals surface area contributed by atoms with Crippen LogP contribution in [-0.4, -0.2) is 24.1 Å². The maximum absolute atomic E-state index is 11.5. The lowest BCUT2D eigenvalue weighted by molar-refractivity contribution is -0.151.